The van der Waals surface area contributed by atoms with Gasteiger partial charge in [0.05, 0.1) is 0 Å². The number of aryl methyl sites for hydroxylation is 1. The molecule has 1 heteroatoms. The molecule has 21 heavy (non-hydrogen) atoms. The standard InChI is InChI=1S/C20H23N/c1-15-6-5-7-19-18(15)12-13-21(19)14-16-8-10-17(11-9-16)20(2,3)4/h5-13H,14H2,1-4H3. The van der Waals surface area contributed by atoms with Gasteiger partial charge in [-0.15, -0.1) is 0 Å². The van der Waals surface area contributed by atoms with Crippen LogP contribution in [-0.2, 0) is 12.0 Å². The van der Waals surface area contributed by atoms with Crippen molar-refractivity contribution in [1.82, 2.24) is 4.57 Å². The molecular weight excluding hydrogens is 254 g/mol. The Hall–Kier alpha value is -2.02. The lowest BCUT2D eigenvalue weighted by molar-refractivity contribution is 0.590. The number of aromatic nitrogens is 1. The molecule has 0 amide bonds. The average Bonchev–Trinajstić information content (AvgIpc) is 2.83. The molecule has 0 bridgehead atoms. The van der Waals surface area contributed by atoms with Gasteiger partial charge in [-0.3, -0.25) is 0 Å². The van der Waals surface area contributed by atoms with E-state index in [9.17, 15) is 0 Å². The van der Waals surface area contributed by atoms with Crippen LogP contribution in [0.15, 0.2) is 54.7 Å². The molecule has 2 aromatic carbocycles. The largest absolute Gasteiger partial charge is 0.343 e. The van der Waals surface area contributed by atoms with Crippen molar-refractivity contribution in [2.24, 2.45) is 0 Å². The molecule has 0 saturated carbocycles. The molecule has 0 radical (unpaired) electrons. The summed E-state index contributed by atoms with van der Waals surface area (Å²) in [7, 11) is 0. The molecule has 0 aliphatic rings. The molecule has 1 aromatic heterocycles. The molecule has 0 unspecified atom stereocenters. The Morgan fingerprint density at radius 3 is 2.29 bits per heavy atom. The second kappa shape index (κ2) is 5.07. The predicted molar refractivity (Wildman–Crippen MR) is 90.9 cm³/mol. The molecule has 0 saturated heterocycles. The van der Waals surface area contributed by atoms with Crippen molar-refractivity contribution in [2.45, 2.75) is 39.7 Å². The lowest BCUT2D eigenvalue weighted by atomic mass is 9.87. The van der Waals surface area contributed by atoms with Crippen molar-refractivity contribution in [3.63, 3.8) is 0 Å². The van der Waals surface area contributed by atoms with Crippen LogP contribution in [0.4, 0.5) is 0 Å². The highest BCUT2D eigenvalue weighted by atomic mass is 14.9. The molecular formula is C20H23N. The van der Waals surface area contributed by atoms with Gasteiger partial charge < -0.3 is 4.57 Å². The number of hydrogen-bond donors (Lipinski definition) is 0. The Morgan fingerprint density at radius 2 is 1.62 bits per heavy atom. The molecule has 3 aromatic rings. The first-order chi connectivity index (χ1) is 9.95. The van der Waals surface area contributed by atoms with Crippen molar-refractivity contribution in [3.05, 3.63) is 71.4 Å². The second-order valence-corrected chi connectivity index (χ2v) is 6.90. The zero-order valence-electron chi connectivity index (χ0n) is 13.4. The molecule has 0 aliphatic heterocycles. The van der Waals surface area contributed by atoms with E-state index in [1.165, 1.54) is 27.6 Å². The van der Waals surface area contributed by atoms with Gasteiger partial charge in [-0.2, -0.15) is 0 Å². The summed E-state index contributed by atoms with van der Waals surface area (Å²) in [6, 6.07) is 17.7. The molecule has 0 N–H and O–H groups in total. The fraction of sp³-hybridized carbons (Fsp3) is 0.300. The highest BCUT2D eigenvalue weighted by Crippen LogP contribution is 2.24. The number of rotatable bonds is 2. The van der Waals surface area contributed by atoms with Crippen molar-refractivity contribution >= 4 is 10.9 Å². The van der Waals surface area contributed by atoms with E-state index >= 15 is 0 Å². The monoisotopic (exact) mass is 277 g/mol. The summed E-state index contributed by atoms with van der Waals surface area (Å²) >= 11 is 0. The number of benzene rings is 2. The number of fused-ring (bicyclic) bond motifs is 1. The summed E-state index contributed by atoms with van der Waals surface area (Å²) in [6.07, 6.45) is 2.19. The molecule has 0 atom stereocenters. The van der Waals surface area contributed by atoms with Gasteiger partial charge in [0.2, 0.25) is 0 Å². The van der Waals surface area contributed by atoms with Crippen molar-refractivity contribution in [1.29, 1.82) is 0 Å². The lowest BCUT2D eigenvalue weighted by Crippen LogP contribution is -2.10. The van der Waals surface area contributed by atoms with E-state index in [0.717, 1.165) is 6.54 Å². The molecule has 108 valence electrons. The number of hydrogen-bond acceptors (Lipinski definition) is 0. The predicted octanol–water partition coefficient (Wildman–Crippen LogP) is 5.30. The lowest BCUT2D eigenvalue weighted by Gasteiger charge is -2.19. The Labute approximate surface area is 127 Å². The van der Waals surface area contributed by atoms with Gasteiger partial charge in [-0.1, -0.05) is 57.2 Å². The van der Waals surface area contributed by atoms with E-state index in [4.69, 9.17) is 0 Å². The van der Waals surface area contributed by atoms with Crippen LogP contribution in [0.3, 0.4) is 0 Å². The summed E-state index contributed by atoms with van der Waals surface area (Å²) < 4.78 is 2.33. The van der Waals surface area contributed by atoms with Gasteiger partial charge in [0.1, 0.15) is 0 Å². The van der Waals surface area contributed by atoms with Crippen molar-refractivity contribution < 1.29 is 0 Å². The summed E-state index contributed by atoms with van der Waals surface area (Å²) in [6.45, 7) is 9.86. The molecule has 0 spiro atoms. The Bertz CT molecular complexity index is 755. The minimum atomic E-state index is 0.218. The van der Waals surface area contributed by atoms with Crippen LogP contribution in [0.5, 0.6) is 0 Å². The van der Waals surface area contributed by atoms with E-state index in [1.807, 2.05) is 0 Å². The second-order valence-electron chi connectivity index (χ2n) is 6.90. The summed E-state index contributed by atoms with van der Waals surface area (Å²) in [5.74, 6) is 0. The van der Waals surface area contributed by atoms with Gasteiger partial charge in [0.25, 0.3) is 0 Å². The maximum atomic E-state index is 2.33. The zero-order valence-corrected chi connectivity index (χ0v) is 13.4. The molecule has 1 heterocycles. The van der Waals surface area contributed by atoms with Crippen LogP contribution in [-0.4, -0.2) is 4.57 Å². The Morgan fingerprint density at radius 1 is 0.905 bits per heavy atom. The van der Waals surface area contributed by atoms with Crippen LogP contribution in [0, 0.1) is 6.92 Å². The smallest absolute Gasteiger partial charge is 0.0486 e. The van der Waals surface area contributed by atoms with E-state index in [1.54, 1.807) is 0 Å². The fourth-order valence-corrected chi connectivity index (χ4v) is 2.82. The van der Waals surface area contributed by atoms with Crippen LogP contribution in [0.25, 0.3) is 10.9 Å². The molecule has 3 rings (SSSR count). The maximum Gasteiger partial charge on any atom is 0.0486 e. The highest BCUT2D eigenvalue weighted by Gasteiger charge is 2.13. The SMILES string of the molecule is Cc1cccc2c1ccn2Cc1ccc(C(C)(C)C)cc1. The fourth-order valence-electron chi connectivity index (χ4n) is 2.82. The summed E-state index contributed by atoms with van der Waals surface area (Å²) in [5.41, 5.74) is 5.61. The maximum absolute atomic E-state index is 2.33. The van der Waals surface area contributed by atoms with Crippen molar-refractivity contribution in [3.8, 4) is 0 Å². The van der Waals surface area contributed by atoms with E-state index < -0.39 is 0 Å². The average molecular weight is 277 g/mol. The quantitative estimate of drug-likeness (QED) is 0.599. The zero-order chi connectivity index (χ0) is 15.0. The third-order valence-corrected chi connectivity index (χ3v) is 4.20. The third-order valence-electron chi connectivity index (χ3n) is 4.20. The van der Waals surface area contributed by atoms with Crippen LogP contribution < -0.4 is 0 Å². The van der Waals surface area contributed by atoms with Crippen LogP contribution in [0.1, 0.15) is 37.5 Å². The topological polar surface area (TPSA) is 4.93 Å². The van der Waals surface area contributed by atoms with Crippen LogP contribution >= 0.6 is 0 Å². The molecule has 0 aliphatic carbocycles. The van der Waals surface area contributed by atoms with Gasteiger partial charge >= 0.3 is 0 Å². The minimum absolute atomic E-state index is 0.218. The normalized spacial score (nSPS) is 12.0. The Kier molecular flexibility index (Phi) is 3.36. The first-order valence-electron chi connectivity index (χ1n) is 7.59. The van der Waals surface area contributed by atoms with E-state index in [0.29, 0.717) is 0 Å². The highest BCUT2D eigenvalue weighted by molar-refractivity contribution is 5.83. The first kappa shape index (κ1) is 13.9. The van der Waals surface area contributed by atoms with Gasteiger partial charge in [-0.25, -0.2) is 0 Å². The number of nitrogens with zero attached hydrogens (tertiary/aromatic N) is 1. The van der Waals surface area contributed by atoms with Crippen molar-refractivity contribution in [2.75, 3.05) is 0 Å². The third kappa shape index (κ3) is 2.73. The van der Waals surface area contributed by atoms with E-state index in [-0.39, 0.29) is 5.41 Å². The van der Waals surface area contributed by atoms with E-state index in [2.05, 4.69) is 87.0 Å². The summed E-state index contributed by atoms with van der Waals surface area (Å²) in [4.78, 5) is 0. The molecule has 1 nitrogen and oxygen atoms in total. The van der Waals surface area contributed by atoms with Gasteiger partial charge in [-0.05, 0) is 41.2 Å². The van der Waals surface area contributed by atoms with Gasteiger partial charge in [0, 0.05) is 23.6 Å². The summed E-state index contributed by atoms with van der Waals surface area (Å²) in [5, 5.41) is 1.35. The Balaban J connectivity index is 1.90. The first-order valence-corrected chi connectivity index (χ1v) is 7.59. The minimum Gasteiger partial charge on any atom is -0.343 e. The van der Waals surface area contributed by atoms with Gasteiger partial charge in [0.15, 0.2) is 0 Å². The molecule has 0 fully saturated rings. The van der Waals surface area contributed by atoms with Crippen LogP contribution in [0.2, 0.25) is 0 Å².